The number of carboxylic acid groups (broad SMARTS) is 1. The molecule has 8 heteroatoms. The van der Waals surface area contributed by atoms with Crippen LogP contribution in [-0.2, 0) is 28.0 Å². The van der Waals surface area contributed by atoms with Crippen LogP contribution in [0.15, 0.2) is 24.3 Å². The van der Waals surface area contributed by atoms with Gasteiger partial charge in [0.25, 0.3) is 0 Å². The monoisotopic (exact) mass is 450 g/mol. The fraction of sp³-hybridized carbons (Fsp3) is 0.350. The van der Waals surface area contributed by atoms with E-state index in [2.05, 4.69) is 0 Å². The van der Waals surface area contributed by atoms with Crippen molar-refractivity contribution in [2.75, 3.05) is 7.11 Å². The lowest BCUT2D eigenvalue weighted by atomic mass is 9.71. The molecule has 0 spiro atoms. The zero-order chi connectivity index (χ0) is 21.2. The molecule has 0 bridgehead atoms. The van der Waals surface area contributed by atoms with E-state index in [0.29, 0.717) is 10.6 Å². The number of carboxylic acids is 1. The fourth-order valence-corrected chi connectivity index (χ4v) is 3.85. The molecule has 0 aliphatic rings. The molecule has 28 heavy (non-hydrogen) atoms. The second kappa shape index (κ2) is 8.95. The quantitative estimate of drug-likeness (QED) is 0.503. The maximum atomic E-state index is 14.5. The summed E-state index contributed by atoms with van der Waals surface area (Å²) in [6, 6.07) is 6.72. The maximum absolute atomic E-state index is 14.5. The Hall–Kier alpha value is -1.40. The first kappa shape index (κ1) is 22.9. The second-order valence-electron chi connectivity index (χ2n) is 6.97. The molecule has 0 aliphatic heterocycles. The van der Waals surface area contributed by atoms with Crippen molar-refractivity contribution in [1.29, 1.82) is 0 Å². The van der Waals surface area contributed by atoms with E-state index in [1.54, 1.807) is 38.1 Å². The van der Waals surface area contributed by atoms with Crippen LogP contribution >= 0.6 is 34.8 Å². The minimum atomic E-state index is -1.14. The first-order valence-corrected chi connectivity index (χ1v) is 9.47. The number of ether oxygens (including phenoxy) is 1. The van der Waals surface area contributed by atoms with Gasteiger partial charge in [0.05, 0.1) is 28.1 Å². The average molecular weight is 452 g/mol. The Morgan fingerprint density at radius 1 is 1.07 bits per heavy atom. The fourth-order valence-electron chi connectivity index (χ4n) is 3.11. The minimum Gasteiger partial charge on any atom is -0.481 e. The highest BCUT2D eigenvalue weighted by Crippen LogP contribution is 2.40. The summed E-state index contributed by atoms with van der Waals surface area (Å²) in [7, 11) is 1.28. The Labute approximate surface area is 177 Å². The molecule has 3 nitrogen and oxygen atoms in total. The molecular formula is C20H19Cl3F2O3. The molecule has 0 fully saturated rings. The number of halogens is 5. The summed E-state index contributed by atoms with van der Waals surface area (Å²) in [5.74, 6) is -4.22. The Morgan fingerprint density at radius 3 is 2.00 bits per heavy atom. The van der Waals surface area contributed by atoms with Crippen LogP contribution in [0.25, 0.3) is 0 Å². The van der Waals surface area contributed by atoms with Gasteiger partial charge in [0.2, 0.25) is 0 Å². The number of hydrogen-bond donors (Lipinski definition) is 1. The molecule has 0 aromatic heterocycles. The average Bonchev–Trinajstić information content (AvgIpc) is 2.63. The predicted molar refractivity (Wildman–Crippen MR) is 106 cm³/mol. The van der Waals surface area contributed by atoms with E-state index in [9.17, 15) is 18.7 Å². The van der Waals surface area contributed by atoms with Crippen molar-refractivity contribution < 1.29 is 23.4 Å². The molecule has 1 atom stereocenters. The molecule has 0 heterocycles. The van der Waals surface area contributed by atoms with Crippen LogP contribution in [0.4, 0.5) is 8.78 Å². The Bertz CT molecular complexity index is 854. The van der Waals surface area contributed by atoms with Crippen LogP contribution in [0, 0.1) is 17.6 Å². The van der Waals surface area contributed by atoms with Gasteiger partial charge in [-0.2, -0.15) is 0 Å². The van der Waals surface area contributed by atoms with Crippen molar-refractivity contribution in [3.05, 3.63) is 67.7 Å². The Kier molecular flexibility index (Phi) is 7.32. The summed E-state index contributed by atoms with van der Waals surface area (Å²) < 4.78 is 33.8. The van der Waals surface area contributed by atoms with E-state index in [-0.39, 0.29) is 18.6 Å². The van der Waals surface area contributed by atoms with Gasteiger partial charge in [0.15, 0.2) is 11.6 Å². The van der Waals surface area contributed by atoms with Gasteiger partial charge in [0.1, 0.15) is 0 Å². The SMILES string of the molecule is COCc1c(F)c(Cl)c(CC(C(=O)O)C(C)(C)c2ccc(Cl)cc2)c(Cl)c1F. The molecule has 0 saturated carbocycles. The van der Waals surface area contributed by atoms with Crippen LogP contribution in [0.1, 0.15) is 30.5 Å². The number of aliphatic carboxylic acids is 1. The van der Waals surface area contributed by atoms with Gasteiger partial charge < -0.3 is 9.84 Å². The lowest BCUT2D eigenvalue weighted by Crippen LogP contribution is -2.36. The maximum Gasteiger partial charge on any atom is 0.307 e. The topological polar surface area (TPSA) is 46.5 Å². The highest BCUT2D eigenvalue weighted by Gasteiger charge is 2.38. The van der Waals surface area contributed by atoms with Gasteiger partial charge in [-0.15, -0.1) is 0 Å². The van der Waals surface area contributed by atoms with Crippen molar-refractivity contribution in [3.8, 4) is 0 Å². The van der Waals surface area contributed by atoms with Gasteiger partial charge in [-0.3, -0.25) is 4.79 Å². The van der Waals surface area contributed by atoms with Crippen LogP contribution in [-0.4, -0.2) is 18.2 Å². The zero-order valence-electron chi connectivity index (χ0n) is 15.5. The van der Waals surface area contributed by atoms with Crippen LogP contribution < -0.4 is 0 Å². The van der Waals surface area contributed by atoms with Crippen LogP contribution in [0.5, 0.6) is 0 Å². The first-order chi connectivity index (χ1) is 13.0. The molecular weight excluding hydrogens is 433 g/mol. The number of hydrogen-bond acceptors (Lipinski definition) is 2. The summed E-state index contributed by atoms with van der Waals surface area (Å²) in [5.41, 5.74) is -0.687. The predicted octanol–water partition coefficient (Wildman–Crippen LogP) is 6.29. The third-order valence-electron chi connectivity index (χ3n) is 4.90. The van der Waals surface area contributed by atoms with Gasteiger partial charge in [-0.1, -0.05) is 60.8 Å². The standard InChI is InChI=1S/C20H19Cl3F2O3/c1-20(2,10-4-6-11(21)7-5-10)14(19(26)27)8-12-15(22)17(24)13(9-28-3)18(25)16(12)23/h4-7,14H,8-9H2,1-3H3,(H,26,27). The first-order valence-electron chi connectivity index (χ1n) is 8.33. The second-order valence-corrected chi connectivity index (χ2v) is 8.16. The van der Waals surface area contributed by atoms with Crippen LogP contribution in [0.2, 0.25) is 15.1 Å². The molecule has 152 valence electrons. The zero-order valence-corrected chi connectivity index (χ0v) is 17.7. The molecule has 2 aromatic rings. The lowest BCUT2D eigenvalue weighted by Gasteiger charge is -2.33. The smallest absolute Gasteiger partial charge is 0.307 e. The minimum absolute atomic E-state index is 0.0902. The van der Waals surface area contributed by atoms with Crippen molar-refractivity contribution in [2.45, 2.75) is 32.3 Å². The van der Waals surface area contributed by atoms with Crippen LogP contribution in [0.3, 0.4) is 0 Å². The number of methoxy groups -OCH3 is 1. The van der Waals surface area contributed by atoms with E-state index in [1.807, 2.05) is 0 Å². The normalized spacial score (nSPS) is 12.9. The summed E-state index contributed by atoms with van der Waals surface area (Å²) in [4.78, 5) is 12.0. The van der Waals surface area contributed by atoms with Gasteiger partial charge in [-0.05, 0) is 29.7 Å². The highest BCUT2D eigenvalue weighted by molar-refractivity contribution is 6.36. The highest BCUT2D eigenvalue weighted by atomic mass is 35.5. The van der Waals surface area contributed by atoms with Crippen molar-refractivity contribution in [2.24, 2.45) is 5.92 Å². The molecule has 1 unspecified atom stereocenters. The molecule has 2 aromatic carbocycles. The van der Waals surface area contributed by atoms with E-state index < -0.39 is 44.5 Å². The Balaban J connectivity index is 2.53. The van der Waals surface area contributed by atoms with E-state index >= 15 is 0 Å². The van der Waals surface area contributed by atoms with Crippen molar-refractivity contribution in [1.82, 2.24) is 0 Å². The van der Waals surface area contributed by atoms with E-state index in [0.717, 1.165) is 0 Å². The summed E-state index contributed by atoms with van der Waals surface area (Å²) in [5, 5.41) is 9.52. The van der Waals surface area contributed by atoms with Gasteiger partial charge >= 0.3 is 5.97 Å². The third-order valence-corrected chi connectivity index (χ3v) is 5.94. The number of rotatable bonds is 7. The number of carbonyl (C=O) groups is 1. The van der Waals surface area contributed by atoms with Crippen molar-refractivity contribution in [3.63, 3.8) is 0 Å². The van der Waals surface area contributed by atoms with Gasteiger partial charge in [-0.25, -0.2) is 8.78 Å². The largest absolute Gasteiger partial charge is 0.481 e. The molecule has 1 N–H and O–H groups in total. The molecule has 0 aliphatic carbocycles. The molecule has 2 rings (SSSR count). The summed E-state index contributed by atoms with van der Waals surface area (Å²) in [6.45, 7) is 3.10. The van der Waals surface area contributed by atoms with E-state index in [1.165, 1.54) is 7.11 Å². The molecule has 0 saturated heterocycles. The molecule has 0 radical (unpaired) electrons. The van der Waals surface area contributed by atoms with Crippen molar-refractivity contribution >= 4 is 40.8 Å². The summed E-state index contributed by atoms with van der Waals surface area (Å²) >= 11 is 18.1. The Morgan fingerprint density at radius 2 is 1.57 bits per heavy atom. The third kappa shape index (κ3) is 4.43. The molecule has 0 amide bonds. The van der Waals surface area contributed by atoms with Gasteiger partial charge in [0, 0.05) is 17.5 Å². The number of benzene rings is 2. The lowest BCUT2D eigenvalue weighted by molar-refractivity contribution is -0.144. The van der Waals surface area contributed by atoms with E-state index in [4.69, 9.17) is 39.5 Å². The summed E-state index contributed by atoms with van der Waals surface area (Å²) in [6.07, 6.45) is -0.260.